The molecule has 3 aliphatic rings. The van der Waals surface area contributed by atoms with Crippen molar-refractivity contribution >= 4 is 40.9 Å². The third kappa shape index (κ3) is 3.65. The van der Waals surface area contributed by atoms with Crippen molar-refractivity contribution in [1.29, 1.82) is 0 Å². The fourth-order valence-electron chi connectivity index (χ4n) is 4.65. The van der Waals surface area contributed by atoms with Gasteiger partial charge in [-0.05, 0) is 60.4 Å². The molecule has 168 valence electrons. The van der Waals surface area contributed by atoms with E-state index in [2.05, 4.69) is 10.6 Å². The number of hydrogen-bond acceptors (Lipinski definition) is 5. The van der Waals surface area contributed by atoms with E-state index < -0.39 is 11.9 Å². The van der Waals surface area contributed by atoms with Crippen LogP contribution in [0.1, 0.15) is 51.1 Å². The number of amides is 5. The lowest BCUT2D eigenvalue weighted by atomic mass is 9.99. The molecular formula is C24H22N4O5. The molecule has 2 N–H and O–H groups in total. The molecule has 0 saturated carbocycles. The second kappa shape index (κ2) is 7.84. The average Bonchev–Trinajstić information content (AvgIpc) is 3.11. The number of anilines is 2. The van der Waals surface area contributed by atoms with Gasteiger partial charge in [-0.25, -0.2) is 0 Å². The molecule has 0 bridgehead atoms. The number of piperidine rings is 1. The highest BCUT2D eigenvalue weighted by Gasteiger charge is 2.39. The molecule has 3 heterocycles. The van der Waals surface area contributed by atoms with Gasteiger partial charge in [-0.3, -0.25) is 29.3 Å². The van der Waals surface area contributed by atoms with E-state index in [1.54, 1.807) is 48.3 Å². The number of carbonyl (C=O) groups is 5. The Morgan fingerprint density at radius 2 is 1.82 bits per heavy atom. The molecule has 0 spiro atoms. The normalized spacial score (nSPS) is 19.8. The Balaban J connectivity index is 1.32. The zero-order chi connectivity index (χ0) is 23.3. The first kappa shape index (κ1) is 20.9. The third-order valence-corrected chi connectivity index (χ3v) is 6.47. The van der Waals surface area contributed by atoms with Gasteiger partial charge in [0, 0.05) is 48.9 Å². The van der Waals surface area contributed by atoms with E-state index in [0.717, 1.165) is 11.3 Å². The van der Waals surface area contributed by atoms with Crippen LogP contribution in [0.25, 0.3) is 0 Å². The second-order valence-electron chi connectivity index (χ2n) is 8.52. The number of aryl methyl sites for hydroxylation is 1. The van der Waals surface area contributed by atoms with Crippen LogP contribution in [0, 0.1) is 0 Å². The van der Waals surface area contributed by atoms with Gasteiger partial charge in [0.05, 0.1) is 0 Å². The molecule has 33 heavy (non-hydrogen) atoms. The predicted molar refractivity (Wildman–Crippen MR) is 119 cm³/mol. The van der Waals surface area contributed by atoms with Crippen molar-refractivity contribution in [2.45, 2.75) is 38.3 Å². The monoisotopic (exact) mass is 446 g/mol. The van der Waals surface area contributed by atoms with E-state index in [1.165, 1.54) is 4.90 Å². The van der Waals surface area contributed by atoms with Crippen LogP contribution in [0.15, 0.2) is 36.4 Å². The van der Waals surface area contributed by atoms with Crippen LogP contribution in [0.4, 0.5) is 11.4 Å². The number of nitrogens with one attached hydrogen (secondary N) is 2. The van der Waals surface area contributed by atoms with Crippen LogP contribution in [0.3, 0.4) is 0 Å². The van der Waals surface area contributed by atoms with Gasteiger partial charge in [-0.15, -0.1) is 0 Å². The number of benzene rings is 2. The van der Waals surface area contributed by atoms with E-state index in [-0.39, 0.29) is 36.6 Å². The lowest BCUT2D eigenvalue weighted by molar-refractivity contribution is -0.137. The van der Waals surface area contributed by atoms with Gasteiger partial charge in [0.1, 0.15) is 6.04 Å². The lowest BCUT2D eigenvalue weighted by Crippen LogP contribution is -2.52. The van der Waals surface area contributed by atoms with Crippen molar-refractivity contribution in [3.63, 3.8) is 0 Å². The second-order valence-corrected chi connectivity index (χ2v) is 8.52. The Kier molecular flexibility index (Phi) is 4.96. The highest BCUT2D eigenvalue weighted by Crippen LogP contribution is 2.30. The van der Waals surface area contributed by atoms with Gasteiger partial charge in [-0.1, -0.05) is 0 Å². The Morgan fingerprint density at radius 1 is 1.00 bits per heavy atom. The Hall–Kier alpha value is -4.01. The third-order valence-electron chi connectivity index (χ3n) is 6.47. The summed E-state index contributed by atoms with van der Waals surface area (Å²) in [6.07, 6.45) is 1.50. The Labute approximate surface area is 189 Å². The van der Waals surface area contributed by atoms with Crippen LogP contribution in [-0.4, -0.2) is 47.5 Å². The SMILES string of the molecule is CN1C(=O)CCc2cc(C(=O)Nc3ccc4c(c3)CN(C3CCC(=O)NC3=O)C4=O)ccc21. The van der Waals surface area contributed by atoms with Crippen LogP contribution in [0.5, 0.6) is 0 Å². The van der Waals surface area contributed by atoms with Gasteiger partial charge < -0.3 is 15.1 Å². The zero-order valence-corrected chi connectivity index (χ0v) is 18.0. The molecule has 3 aliphatic heterocycles. The van der Waals surface area contributed by atoms with Crippen molar-refractivity contribution in [1.82, 2.24) is 10.2 Å². The van der Waals surface area contributed by atoms with Crippen LogP contribution < -0.4 is 15.5 Å². The maximum absolute atomic E-state index is 12.8. The van der Waals surface area contributed by atoms with Crippen LogP contribution >= 0.6 is 0 Å². The molecule has 5 amide bonds. The molecule has 5 rings (SSSR count). The summed E-state index contributed by atoms with van der Waals surface area (Å²) >= 11 is 0. The van der Waals surface area contributed by atoms with Gasteiger partial charge in [0.2, 0.25) is 17.7 Å². The minimum Gasteiger partial charge on any atom is -0.322 e. The first-order valence-corrected chi connectivity index (χ1v) is 10.8. The molecule has 1 fully saturated rings. The van der Waals surface area contributed by atoms with Crippen molar-refractivity contribution in [2.24, 2.45) is 0 Å². The molecule has 1 saturated heterocycles. The van der Waals surface area contributed by atoms with Gasteiger partial charge in [0.15, 0.2) is 0 Å². The van der Waals surface area contributed by atoms with E-state index in [9.17, 15) is 24.0 Å². The van der Waals surface area contributed by atoms with E-state index in [0.29, 0.717) is 41.6 Å². The standard InChI is InChI=1S/C24H22N4O5/c1-27-18-6-2-14(10-13(18)3-9-21(27)30)22(31)25-16-4-5-17-15(11-16)12-28(24(17)33)19-7-8-20(29)26-23(19)32/h2,4-6,10-11,19H,3,7-9,12H2,1H3,(H,25,31)(H,26,29,32). The maximum Gasteiger partial charge on any atom is 0.255 e. The van der Waals surface area contributed by atoms with Gasteiger partial charge in [-0.2, -0.15) is 0 Å². The van der Waals surface area contributed by atoms with E-state index in [1.807, 2.05) is 0 Å². The summed E-state index contributed by atoms with van der Waals surface area (Å²) in [6.45, 7) is 0.239. The highest BCUT2D eigenvalue weighted by molar-refractivity contribution is 6.07. The molecule has 0 aromatic heterocycles. The summed E-state index contributed by atoms with van der Waals surface area (Å²) in [5, 5.41) is 5.15. The van der Waals surface area contributed by atoms with Crippen molar-refractivity contribution in [3.05, 3.63) is 58.7 Å². The first-order chi connectivity index (χ1) is 15.8. The predicted octanol–water partition coefficient (Wildman–Crippen LogP) is 1.61. The topological polar surface area (TPSA) is 116 Å². The average molecular weight is 446 g/mol. The van der Waals surface area contributed by atoms with E-state index >= 15 is 0 Å². The fraction of sp³-hybridized carbons (Fsp3) is 0.292. The largest absolute Gasteiger partial charge is 0.322 e. The number of nitrogens with zero attached hydrogens (tertiary/aromatic N) is 2. The number of fused-ring (bicyclic) bond motifs is 2. The minimum absolute atomic E-state index is 0.0544. The van der Waals surface area contributed by atoms with E-state index in [4.69, 9.17) is 0 Å². The molecule has 2 aromatic carbocycles. The Bertz CT molecular complexity index is 1240. The summed E-state index contributed by atoms with van der Waals surface area (Å²) in [6, 6.07) is 9.63. The maximum atomic E-state index is 12.8. The minimum atomic E-state index is -0.679. The summed E-state index contributed by atoms with van der Waals surface area (Å²) in [5.74, 6) is -1.28. The smallest absolute Gasteiger partial charge is 0.255 e. The molecule has 0 radical (unpaired) electrons. The molecule has 1 unspecified atom stereocenters. The molecule has 2 aromatic rings. The van der Waals surface area contributed by atoms with Crippen LogP contribution in [-0.2, 0) is 27.3 Å². The molecule has 9 heteroatoms. The fourth-order valence-corrected chi connectivity index (χ4v) is 4.65. The molecule has 9 nitrogen and oxygen atoms in total. The summed E-state index contributed by atoms with van der Waals surface area (Å²) in [4.78, 5) is 64.2. The van der Waals surface area contributed by atoms with Crippen molar-refractivity contribution in [2.75, 3.05) is 17.3 Å². The molecule has 0 aliphatic carbocycles. The summed E-state index contributed by atoms with van der Waals surface area (Å²) in [5.41, 5.74) is 3.99. The quantitative estimate of drug-likeness (QED) is 0.695. The molecule has 1 atom stereocenters. The highest BCUT2D eigenvalue weighted by atomic mass is 16.2. The van der Waals surface area contributed by atoms with Gasteiger partial charge >= 0.3 is 0 Å². The summed E-state index contributed by atoms with van der Waals surface area (Å²) < 4.78 is 0. The van der Waals surface area contributed by atoms with Gasteiger partial charge in [0.25, 0.3) is 11.8 Å². The Morgan fingerprint density at radius 3 is 2.61 bits per heavy atom. The number of hydrogen-bond donors (Lipinski definition) is 2. The van der Waals surface area contributed by atoms with Crippen molar-refractivity contribution in [3.8, 4) is 0 Å². The molecular weight excluding hydrogens is 424 g/mol. The number of rotatable bonds is 3. The zero-order valence-electron chi connectivity index (χ0n) is 18.0. The van der Waals surface area contributed by atoms with Crippen molar-refractivity contribution < 1.29 is 24.0 Å². The van der Waals surface area contributed by atoms with Crippen LogP contribution in [0.2, 0.25) is 0 Å². The lowest BCUT2D eigenvalue weighted by Gasteiger charge is -2.29. The number of imide groups is 1. The first-order valence-electron chi connectivity index (χ1n) is 10.8. The summed E-state index contributed by atoms with van der Waals surface area (Å²) in [7, 11) is 1.73. The number of carbonyl (C=O) groups excluding carboxylic acids is 5.